The van der Waals surface area contributed by atoms with Gasteiger partial charge in [-0.2, -0.15) is 0 Å². The summed E-state index contributed by atoms with van der Waals surface area (Å²) in [6.07, 6.45) is 1.54. The molecule has 5 nitrogen and oxygen atoms in total. The fourth-order valence-electron chi connectivity index (χ4n) is 1.92. The molecule has 0 amide bonds. The van der Waals surface area contributed by atoms with Gasteiger partial charge in [-0.05, 0) is 25.1 Å². The number of halogens is 2. The van der Waals surface area contributed by atoms with E-state index in [1.165, 1.54) is 0 Å². The fraction of sp³-hybridized carbons (Fsp3) is 0.231. The van der Waals surface area contributed by atoms with E-state index in [-0.39, 0.29) is 27.2 Å². The Bertz CT molecular complexity index is 735. The van der Waals surface area contributed by atoms with Crippen LogP contribution in [0.5, 0.6) is 0 Å². The first-order valence-corrected chi connectivity index (χ1v) is 8.49. The molecule has 0 atom stereocenters. The van der Waals surface area contributed by atoms with Crippen LogP contribution in [0.15, 0.2) is 35.4 Å². The predicted octanol–water partition coefficient (Wildman–Crippen LogP) is 3.07. The number of sulfonamides is 1. The summed E-state index contributed by atoms with van der Waals surface area (Å²) >= 11 is 11.9. The van der Waals surface area contributed by atoms with Crippen LogP contribution in [-0.2, 0) is 23.1 Å². The molecule has 8 heteroatoms. The van der Waals surface area contributed by atoms with Gasteiger partial charge in [-0.3, -0.25) is 4.72 Å². The zero-order chi connectivity index (χ0) is 15.6. The molecule has 0 fully saturated rings. The normalized spacial score (nSPS) is 11.6. The minimum atomic E-state index is -3.74. The SMILES string of the molecule is CCn1cc(S(=O)(=O)Nc2cccc(Cl)c2Cl)cc1CN. The van der Waals surface area contributed by atoms with Crippen molar-refractivity contribution >= 4 is 38.9 Å². The van der Waals surface area contributed by atoms with Crippen LogP contribution in [0.1, 0.15) is 12.6 Å². The molecule has 0 aliphatic heterocycles. The van der Waals surface area contributed by atoms with Crippen molar-refractivity contribution in [2.75, 3.05) is 4.72 Å². The molecule has 0 spiro atoms. The highest BCUT2D eigenvalue weighted by molar-refractivity contribution is 7.92. The molecule has 0 bridgehead atoms. The molecule has 0 saturated carbocycles. The molecule has 0 saturated heterocycles. The summed E-state index contributed by atoms with van der Waals surface area (Å²) in [6, 6.07) is 6.30. The molecular weight excluding hydrogens is 333 g/mol. The van der Waals surface area contributed by atoms with E-state index in [0.717, 1.165) is 5.69 Å². The van der Waals surface area contributed by atoms with E-state index in [2.05, 4.69) is 4.72 Å². The Morgan fingerprint density at radius 1 is 1.33 bits per heavy atom. The minimum Gasteiger partial charge on any atom is -0.349 e. The predicted molar refractivity (Wildman–Crippen MR) is 85.3 cm³/mol. The third-order valence-corrected chi connectivity index (χ3v) is 5.17. The molecule has 3 N–H and O–H groups in total. The number of hydrogen-bond acceptors (Lipinski definition) is 3. The summed E-state index contributed by atoms with van der Waals surface area (Å²) in [5.41, 5.74) is 6.59. The van der Waals surface area contributed by atoms with Crippen molar-refractivity contribution in [1.29, 1.82) is 0 Å². The Morgan fingerprint density at radius 2 is 2.05 bits per heavy atom. The van der Waals surface area contributed by atoms with Crippen LogP contribution in [-0.4, -0.2) is 13.0 Å². The molecule has 2 rings (SSSR count). The highest BCUT2D eigenvalue weighted by Crippen LogP contribution is 2.31. The zero-order valence-corrected chi connectivity index (χ0v) is 13.6. The molecule has 0 aliphatic rings. The zero-order valence-electron chi connectivity index (χ0n) is 11.3. The van der Waals surface area contributed by atoms with Gasteiger partial charge in [0.15, 0.2) is 0 Å². The molecule has 1 aromatic carbocycles. The first-order chi connectivity index (χ1) is 9.89. The highest BCUT2D eigenvalue weighted by Gasteiger charge is 2.19. The van der Waals surface area contributed by atoms with E-state index < -0.39 is 10.0 Å². The molecule has 1 aromatic heterocycles. The Balaban J connectivity index is 2.38. The van der Waals surface area contributed by atoms with Crippen molar-refractivity contribution in [1.82, 2.24) is 4.57 Å². The van der Waals surface area contributed by atoms with E-state index in [1.54, 1.807) is 35.0 Å². The second kappa shape index (κ2) is 6.27. The number of nitrogens with two attached hydrogens (primary N) is 1. The van der Waals surface area contributed by atoms with Crippen LogP contribution in [0.3, 0.4) is 0 Å². The minimum absolute atomic E-state index is 0.140. The van der Waals surface area contributed by atoms with Crippen LogP contribution in [0.2, 0.25) is 10.0 Å². The van der Waals surface area contributed by atoms with Gasteiger partial charge in [-0.25, -0.2) is 8.42 Å². The van der Waals surface area contributed by atoms with Crippen molar-refractivity contribution in [3.8, 4) is 0 Å². The average Bonchev–Trinajstić information content (AvgIpc) is 2.88. The standard InChI is InChI=1S/C13H15Cl2N3O2S/c1-2-18-8-10(6-9(18)7-16)21(19,20)17-12-5-3-4-11(14)13(12)15/h3-6,8,17H,2,7,16H2,1H3. The summed E-state index contributed by atoms with van der Waals surface area (Å²) in [7, 11) is -3.74. The fourth-order valence-corrected chi connectivity index (χ4v) is 3.46. The van der Waals surface area contributed by atoms with Crippen molar-refractivity contribution in [2.45, 2.75) is 24.9 Å². The van der Waals surface area contributed by atoms with Gasteiger partial charge in [0.05, 0.1) is 15.7 Å². The second-order valence-electron chi connectivity index (χ2n) is 4.36. The van der Waals surface area contributed by atoms with Crippen molar-refractivity contribution in [3.63, 3.8) is 0 Å². The van der Waals surface area contributed by atoms with Gasteiger partial charge in [0, 0.05) is 25.0 Å². The van der Waals surface area contributed by atoms with Gasteiger partial charge in [0.2, 0.25) is 0 Å². The van der Waals surface area contributed by atoms with E-state index in [0.29, 0.717) is 6.54 Å². The summed E-state index contributed by atoms with van der Waals surface area (Å²) < 4.78 is 29.0. The highest BCUT2D eigenvalue weighted by atomic mass is 35.5. The Labute approximate surface area is 133 Å². The number of nitrogens with one attached hydrogen (secondary N) is 1. The topological polar surface area (TPSA) is 77.1 Å². The first kappa shape index (κ1) is 16.2. The lowest BCUT2D eigenvalue weighted by molar-refractivity contribution is 0.600. The molecular formula is C13H15Cl2N3O2S. The lowest BCUT2D eigenvalue weighted by Gasteiger charge is -2.09. The van der Waals surface area contributed by atoms with Crippen molar-refractivity contribution in [3.05, 3.63) is 46.2 Å². The molecule has 21 heavy (non-hydrogen) atoms. The van der Waals surface area contributed by atoms with E-state index in [4.69, 9.17) is 28.9 Å². The lowest BCUT2D eigenvalue weighted by Crippen LogP contribution is -2.12. The lowest BCUT2D eigenvalue weighted by atomic mass is 10.3. The number of aryl methyl sites for hydroxylation is 1. The Kier molecular flexibility index (Phi) is 4.83. The van der Waals surface area contributed by atoms with Gasteiger partial charge >= 0.3 is 0 Å². The van der Waals surface area contributed by atoms with Gasteiger partial charge in [0.1, 0.15) is 4.90 Å². The summed E-state index contributed by atoms with van der Waals surface area (Å²) in [5.74, 6) is 0. The largest absolute Gasteiger partial charge is 0.349 e. The van der Waals surface area contributed by atoms with E-state index in [1.807, 2.05) is 6.92 Å². The second-order valence-corrected chi connectivity index (χ2v) is 6.83. The number of nitrogens with zero attached hydrogens (tertiary/aromatic N) is 1. The van der Waals surface area contributed by atoms with Gasteiger partial charge in [0.25, 0.3) is 10.0 Å². The maximum Gasteiger partial charge on any atom is 0.263 e. The molecule has 114 valence electrons. The molecule has 1 heterocycles. The Morgan fingerprint density at radius 3 is 2.62 bits per heavy atom. The maximum absolute atomic E-state index is 12.4. The van der Waals surface area contributed by atoms with Crippen molar-refractivity contribution < 1.29 is 8.42 Å². The molecule has 0 unspecified atom stereocenters. The quantitative estimate of drug-likeness (QED) is 0.872. The summed E-state index contributed by atoms with van der Waals surface area (Å²) in [5, 5.41) is 0.447. The number of rotatable bonds is 5. The summed E-state index contributed by atoms with van der Waals surface area (Å²) in [6.45, 7) is 2.82. The van der Waals surface area contributed by atoms with Crippen LogP contribution in [0, 0.1) is 0 Å². The van der Waals surface area contributed by atoms with Crippen LogP contribution in [0.25, 0.3) is 0 Å². The smallest absolute Gasteiger partial charge is 0.263 e. The van der Waals surface area contributed by atoms with E-state index in [9.17, 15) is 8.42 Å². The third kappa shape index (κ3) is 3.35. The molecule has 0 radical (unpaired) electrons. The van der Waals surface area contributed by atoms with Gasteiger partial charge < -0.3 is 10.3 Å². The summed E-state index contributed by atoms with van der Waals surface area (Å²) in [4.78, 5) is 0.140. The van der Waals surface area contributed by atoms with Gasteiger partial charge in [-0.15, -0.1) is 0 Å². The van der Waals surface area contributed by atoms with Crippen molar-refractivity contribution in [2.24, 2.45) is 5.73 Å². The average molecular weight is 348 g/mol. The third-order valence-electron chi connectivity index (χ3n) is 3.02. The monoisotopic (exact) mass is 347 g/mol. The van der Waals surface area contributed by atoms with Crippen LogP contribution >= 0.6 is 23.2 Å². The number of anilines is 1. The maximum atomic E-state index is 12.4. The van der Waals surface area contributed by atoms with Crippen LogP contribution in [0.4, 0.5) is 5.69 Å². The Hall–Kier alpha value is -1.21. The number of benzene rings is 1. The van der Waals surface area contributed by atoms with Gasteiger partial charge in [-0.1, -0.05) is 29.3 Å². The molecule has 0 aliphatic carbocycles. The van der Waals surface area contributed by atoms with E-state index >= 15 is 0 Å². The molecule has 2 aromatic rings. The van der Waals surface area contributed by atoms with Crippen LogP contribution < -0.4 is 10.5 Å². The number of hydrogen-bond donors (Lipinski definition) is 2. The number of aromatic nitrogens is 1. The first-order valence-electron chi connectivity index (χ1n) is 6.25.